The first-order valence-electron chi connectivity index (χ1n) is 8.26. The Bertz CT molecular complexity index is 1220. The number of thiophene rings is 1. The predicted octanol–water partition coefficient (Wildman–Crippen LogP) is 5.39. The van der Waals surface area contributed by atoms with Crippen molar-refractivity contribution in [1.29, 1.82) is 5.26 Å². The first-order valence-corrected chi connectivity index (χ1v) is 10.3. The van der Waals surface area contributed by atoms with Gasteiger partial charge in [0.05, 0.1) is 11.4 Å². The first-order chi connectivity index (χ1) is 13.2. The molecule has 0 atom stereocenters. The molecule has 4 rings (SSSR count). The highest BCUT2D eigenvalue weighted by atomic mass is 32.2. The van der Waals surface area contributed by atoms with Crippen LogP contribution in [0.15, 0.2) is 76.4 Å². The van der Waals surface area contributed by atoms with Crippen molar-refractivity contribution in [2.24, 2.45) is 0 Å². The number of hydrogen-bond acceptors (Lipinski definition) is 5. The number of nitrogens with one attached hydrogen (secondary N) is 1. The summed E-state index contributed by atoms with van der Waals surface area (Å²) < 4.78 is 1.66. The Morgan fingerprint density at radius 2 is 1.89 bits per heavy atom. The van der Waals surface area contributed by atoms with E-state index in [2.05, 4.69) is 11.4 Å². The van der Waals surface area contributed by atoms with Crippen LogP contribution >= 0.6 is 23.1 Å². The lowest BCUT2D eigenvalue weighted by Crippen LogP contribution is -2.16. The lowest BCUT2D eigenvalue weighted by atomic mass is 10.2. The molecule has 0 amide bonds. The van der Waals surface area contributed by atoms with E-state index in [1.807, 2.05) is 60.9 Å². The van der Waals surface area contributed by atoms with Gasteiger partial charge in [0.1, 0.15) is 15.8 Å². The molecule has 2 heterocycles. The fraction of sp³-hybridized carbons (Fsp3) is 0.0476. The average Bonchev–Trinajstić information content (AvgIpc) is 3.06. The molecule has 0 radical (unpaired) electrons. The Balaban J connectivity index is 1.92. The maximum atomic E-state index is 12.5. The zero-order chi connectivity index (χ0) is 18.8. The molecular formula is C21H15N3OS2. The molecular weight excluding hydrogens is 374 g/mol. The van der Waals surface area contributed by atoms with Crippen LogP contribution in [0.4, 0.5) is 11.4 Å². The standard InChI is InChI=1S/C21H15N3OS2/c1-26-16-9-5-6-14(12-16)23-20-17-10-11-19(25)24(15-7-3-2-4-8-15)21(17)27-18(20)13-22/h2-12,23H,1H3. The number of aromatic nitrogens is 1. The van der Waals surface area contributed by atoms with Crippen LogP contribution in [0.2, 0.25) is 0 Å². The molecule has 4 nitrogen and oxygen atoms in total. The minimum absolute atomic E-state index is 0.115. The van der Waals surface area contributed by atoms with Crippen molar-refractivity contribution in [1.82, 2.24) is 4.57 Å². The highest BCUT2D eigenvalue weighted by molar-refractivity contribution is 7.98. The predicted molar refractivity (Wildman–Crippen MR) is 114 cm³/mol. The Hall–Kier alpha value is -3.01. The largest absolute Gasteiger partial charge is 0.353 e. The van der Waals surface area contributed by atoms with Crippen molar-refractivity contribution in [3.8, 4) is 11.8 Å². The summed E-state index contributed by atoms with van der Waals surface area (Å²) in [5.41, 5.74) is 2.32. The second-order valence-electron chi connectivity index (χ2n) is 5.84. The van der Waals surface area contributed by atoms with Gasteiger partial charge in [0.25, 0.3) is 5.56 Å². The van der Waals surface area contributed by atoms with E-state index in [0.717, 1.165) is 32.2 Å². The molecule has 0 aliphatic carbocycles. The van der Waals surface area contributed by atoms with Gasteiger partial charge in [0.2, 0.25) is 0 Å². The minimum Gasteiger partial charge on any atom is -0.353 e. The van der Waals surface area contributed by atoms with Gasteiger partial charge in [-0.2, -0.15) is 5.26 Å². The third kappa shape index (κ3) is 3.23. The van der Waals surface area contributed by atoms with E-state index < -0.39 is 0 Å². The number of hydrogen-bond donors (Lipinski definition) is 1. The second-order valence-corrected chi connectivity index (χ2v) is 7.72. The fourth-order valence-electron chi connectivity index (χ4n) is 2.95. The van der Waals surface area contributed by atoms with Crippen molar-refractivity contribution in [3.63, 3.8) is 0 Å². The summed E-state index contributed by atoms with van der Waals surface area (Å²) in [6.45, 7) is 0. The van der Waals surface area contributed by atoms with Gasteiger partial charge in [-0.25, -0.2) is 0 Å². The summed E-state index contributed by atoms with van der Waals surface area (Å²) in [4.78, 5) is 15.0. The lowest BCUT2D eigenvalue weighted by Gasteiger charge is -2.09. The molecule has 1 N–H and O–H groups in total. The molecule has 132 valence electrons. The van der Waals surface area contributed by atoms with E-state index in [4.69, 9.17) is 0 Å². The number of rotatable bonds is 4. The number of anilines is 2. The summed E-state index contributed by atoms with van der Waals surface area (Å²) in [5.74, 6) is 0. The van der Waals surface area contributed by atoms with Crippen molar-refractivity contribution in [2.75, 3.05) is 11.6 Å². The van der Waals surface area contributed by atoms with Crippen molar-refractivity contribution in [3.05, 3.63) is 82.0 Å². The van der Waals surface area contributed by atoms with Gasteiger partial charge in [0.15, 0.2) is 0 Å². The van der Waals surface area contributed by atoms with Crippen LogP contribution in [-0.2, 0) is 0 Å². The van der Waals surface area contributed by atoms with E-state index in [1.54, 1.807) is 28.5 Å². The van der Waals surface area contributed by atoms with Crippen molar-refractivity contribution in [2.45, 2.75) is 4.90 Å². The van der Waals surface area contributed by atoms with Crippen LogP contribution in [0, 0.1) is 11.3 Å². The van der Waals surface area contributed by atoms with Gasteiger partial charge in [0, 0.05) is 22.0 Å². The molecule has 0 bridgehead atoms. The summed E-state index contributed by atoms with van der Waals surface area (Å²) in [7, 11) is 0. The average molecular weight is 390 g/mol. The number of benzene rings is 2. The highest BCUT2D eigenvalue weighted by Gasteiger charge is 2.17. The normalized spacial score (nSPS) is 10.7. The highest BCUT2D eigenvalue weighted by Crippen LogP contribution is 2.37. The summed E-state index contributed by atoms with van der Waals surface area (Å²) in [6.07, 6.45) is 2.03. The smallest absolute Gasteiger partial charge is 0.256 e. The molecule has 2 aromatic heterocycles. The van der Waals surface area contributed by atoms with Crippen LogP contribution in [-0.4, -0.2) is 10.8 Å². The zero-order valence-corrected chi connectivity index (χ0v) is 16.1. The van der Waals surface area contributed by atoms with Crippen molar-refractivity contribution >= 4 is 44.7 Å². The number of nitriles is 1. The quantitative estimate of drug-likeness (QED) is 0.476. The maximum absolute atomic E-state index is 12.5. The summed E-state index contributed by atoms with van der Waals surface area (Å²) in [6, 6.07) is 23.1. The third-order valence-corrected chi connectivity index (χ3v) is 6.02. The number of fused-ring (bicyclic) bond motifs is 1. The van der Waals surface area contributed by atoms with Gasteiger partial charge >= 0.3 is 0 Å². The van der Waals surface area contributed by atoms with Crippen LogP contribution in [0.1, 0.15) is 4.88 Å². The molecule has 0 saturated carbocycles. The fourth-order valence-corrected chi connectivity index (χ4v) is 4.48. The Kier molecular flexibility index (Phi) is 4.71. The van der Waals surface area contributed by atoms with E-state index in [9.17, 15) is 10.1 Å². The molecule has 27 heavy (non-hydrogen) atoms. The number of pyridine rings is 1. The topological polar surface area (TPSA) is 57.8 Å². The molecule has 0 aliphatic heterocycles. The Morgan fingerprint density at radius 3 is 2.63 bits per heavy atom. The van der Waals surface area contributed by atoms with Gasteiger partial charge in [-0.1, -0.05) is 24.3 Å². The van der Waals surface area contributed by atoms with E-state index in [0.29, 0.717) is 4.88 Å². The van der Waals surface area contributed by atoms with E-state index >= 15 is 0 Å². The van der Waals surface area contributed by atoms with Gasteiger partial charge in [-0.05, 0) is 42.7 Å². The molecule has 0 spiro atoms. The van der Waals surface area contributed by atoms with Crippen LogP contribution < -0.4 is 10.9 Å². The monoisotopic (exact) mass is 389 g/mol. The number of nitrogens with zero attached hydrogens (tertiary/aromatic N) is 2. The maximum Gasteiger partial charge on any atom is 0.256 e. The van der Waals surface area contributed by atoms with E-state index in [1.165, 1.54) is 11.3 Å². The number of para-hydroxylation sites is 1. The summed E-state index contributed by atoms with van der Waals surface area (Å²) in [5, 5.41) is 13.9. The minimum atomic E-state index is -0.115. The molecule has 6 heteroatoms. The van der Waals surface area contributed by atoms with Crippen LogP contribution in [0.25, 0.3) is 15.9 Å². The molecule has 4 aromatic rings. The molecule has 0 fully saturated rings. The van der Waals surface area contributed by atoms with Crippen LogP contribution in [0.3, 0.4) is 0 Å². The van der Waals surface area contributed by atoms with Gasteiger partial charge < -0.3 is 5.32 Å². The Labute approximate surface area is 164 Å². The second kappa shape index (κ2) is 7.31. The lowest BCUT2D eigenvalue weighted by molar-refractivity contribution is 1.06. The zero-order valence-electron chi connectivity index (χ0n) is 14.5. The van der Waals surface area contributed by atoms with Crippen LogP contribution in [0.5, 0.6) is 0 Å². The molecule has 0 saturated heterocycles. The number of thioether (sulfide) groups is 1. The molecule has 0 unspecified atom stereocenters. The first kappa shape index (κ1) is 17.4. The molecule has 0 aliphatic rings. The SMILES string of the molecule is CSc1cccc(Nc2c(C#N)sc3c2ccc(=O)n3-c2ccccc2)c1. The summed E-state index contributed by atoms with van der Waals surface area (Å²) >= 11 is 2.99. The molecule has 2 aromatic carbocycles. The van der Waals surface area contributed by atoms with E-state index in [-0.39, 0.29) is 5.56 Å². The van der Waals surface area contributed by atoms with Gasteiger partial charge in [-0.3, -0.25) is 9.36 Å². The van der Waals surface area contributed by atoms with Gasteiger partial charge in [-0.15, -0.1) is 23.1 Å². The third-order valence-electron chi connectivity index (χ3n) is 4.20. The Morgan fingerprint density at radius 1 is 1.07 bits per heavy atom. The van der Waals surface area contributed by atoms with Crippen molar-refractivity contribution < 1.29 is 0 Å².